The minimum Gasteiger partial charge on any atom is -0.466 e. The maximum Gasteiger partial charge on any atom is 0.305 e. The first kappa shape index (κ1) is 85.6. The van der Waals surface area contributed by atoms with Gasteiger partial charge in [-0.05, 0) is 51.4 Å². The summed E-state index contributed by atoms with van der Waals surface area (Å²) < 4.78 is 5.51. The highest BCUT2D eigenvalue weighted by Crippen LogP contribution is 2.20. The Hall–Kier alpha value is -1.40. The Morgan fingerprint density at radius 3 is 0.816 bits per heavy atom. The quantitative estimate of drug-likeness (QED) is 0.0320. The minimum atomic E-state index is -0.663. The summed E-state index contributed by atoms with van der Waals surface area (Å²) in [6.07, 6.45) is 97.3. The average Bonchev–Trinajstić information content (AvgIpc) is 3.53. The Kier molecular flexibility index (Phi) is 75.8. The fraction of sp³-hybridized carbons (Fsp3) is 0.951. The number of hydrogen-bond donors (Lipinski definition) is 3. The second-order valence-electron chi connectivity index (χ2n) is 28.1. The van der Waals surface area contributed by atoms with Crippen molar-refractivity contribution in [3.63, 3.8) is 0 Å². The number of amides is 1. The lowest BCUT2D eigenvalue weighted by Gasteiger charge is -2.22. The van der Waals surface area contributed by atoms with E-state index in [0.29, 0.717) is 25.9 Å². The fourth-order valence-electron chi connectivity index (χ4n) is 13.2. The first-order valence-corrected chi connectivity index (χ1v) is 40.4. The summed E-state index contributed by atoms with van der Waals surface area (Å²) in [5.74, 6) is -0.00723. The third-order valence-electron chi connectivity index (χ3n) is 19.3. The van der Waals surface area contributed by atoms with Gasteiger partial charge in [-0.25, -0.2) is 0 Å². The third kappa shape index (κ3) is 73.5. The fourth-order valence-corrected chi connectivity index (χ4v) is 13.2. The van der Waals surface area contributed by atoms with Crippen LogP contribution in [-0.4, -0.2) is 47.4 Å². The predicted molar refractivity (Wildman–Crippen MR) is 384 cm³/mol. The maximum absolute atomic E-state index is 12.6. The number of carbonyl (C=O) groups excluding carboxylic acids is 2. The van der Waals surface area contributed by atoms with Crippen LogP contribution in [0.5, 0.6) is 0 Å². The summed E-state index contributed by atoms with van der Waals surface area (Å²) in [5, 5.41) is 23.5. The van der Waals surface area contributed by atoms with Gasteiger partial charge >= 0.3 is 5.97 Å². The maximum atomic E-state index is 12.6. The van der Waals surface area contributed by atoms with Crippen LogP contribution in [0, 0.1) is 0 Å². The van der Waals surface area contributed by atoms with Crippen LogP contribution in [0.2, 0.25) is 0 Å². The minimum absolute atomic E-state index is 0.0181. The molecule has 6 nitrogen and oxygen atoms in total. The predicted octanol–water partition coefficient (Wildman–Crippen LogP) is 26.7. The number of nitrogens with one attached hydrogen (secondary N) is 1. The molecule has 2 unspecified atom stereocenters. The van der Waals surface area contributed by atoms with Crippen LogP contribution in [0.4, 0.5) is 0 Å². The number of ether oxygens (including phenoxy) is 1. The van der Waals surface area contributed by atoms with Gasteiger partial charge in [0.25, 0.3) is 0 Å². The summed E-state index contributed by atoms with van der Waals surface area (Å²) in [4.78, 5) is 24.7. The molecule has 6 heteroatoms. The molecular weight excluding hydrogens is 1070 g/mol. The third-order valence-corrected chi connectivity index (χ3v) is 19.3. The standard InChI is InChI=1S/C81H159NO5/c1-3-5-7-9-11-13-15-17-19-21-23-24-32-35-38-41-45-49-53-57-61-65-69-73-79(84)78(77-83)82-80(85)74-70-66-62-58-54-50-46-42-39-36-33-30-28-26-25-27-29-31-34-37-40-44-48-52-56-60-64-68-72-76-87-81(86)75-71-67-63-59-55-51-47-43-22-20-18-16-14-12-10-8-6-4-2/h20,22,78-79,83-84H,3-19,21,23-77H2,1-2H3,(H,82,85)/b22-20-. The van der Waals surface area contributed by atoms with E-state index in [1.807, 2.05) is 0 Å². The van der Waals surface area contributed by atoms with Crippen molar-refractivity contribution in [2.75, 3.05) is 13.2 Å². The highest BCUT2D eigenvalue weighted by molar-refractivity contribution is 5.76. The van der Waals surface area contributed by atoms with Crippen molar-refractivity contribution in [3.8, 4) is 0 Å². The molecule has 1 amide bonds. The van der Waals surface area contributed by atoms with Crippen molar-refractivity contribution in [3.05, 3.63) is 12.2 Å². The van der Waals surface area contributed by atoms with E-state index in [9.17, 15) is 19.8 Å². The van der Waals surface area contributed by atoms with Crippen molar-refractivity contribution in [2.24, 2.45) is 0 Å². The molecule has 0 aromatic heterocycles. The van der Waals surface area contributed by atoms with Gasteiger partial charge in [0.1, 0.15) is 0 Å². The SMILES string of the molecule is CCCCCCCCC/C=C\CCCCCCCCCC(=O)OCCCCCCCCCCCCCCCCCCCCCCCCCCCCCCCC(=O)NC(CO)C(O)CCCCCCCCCCCCCCCCCCCCCCCCC. The number of unbranched alkanes of at least 4 members (excludes halogenated alkanes) is 64. The van der Waals surface area contributed by atoms with Gasteiger partial charge in [-0.15, -0.1) is 0 Å². The van der Waals surface area contributed by atoms with Gasteiger partial charge in [0.2, 0.25) is 5.91 Å². The summed E-state index contributed by atoms with van der Waals surface area (Å²) in [6.45, 7) is 5.01. The monoisotopic (exact) mass is 1230 g/mol. The van der Waals surface area contributed by atoms with Crippen LogP contribution in [0.25, 0.3) is 0 Å². The molecule has 0 aromatic rings. The smallest absolute Gasteiger partial charge is 0.305 e. The molecule has 87 heavy (non-hydrogen) atoms. The van der Waals surface area contributed by atoms with Gasteiger partial charge in [0.15, 0.2) is 0 Å². The van der Waals surface area contributed by atoms with Gasteiger partial charge in [-0.2, -0.15) is 0 Å². The molecule has 0 spiro atoms. The molecule has 0 aliphatic carbocycles. The number of aliphatic hydroxyl groups is 2. The van der Waals surface area contributed by atoms with Gasteiger partial charge < -0.3 is 20.3 Å². The number of aliphatic hydroxyl groups excluding tert-OH is 2. The zero-order chi connectivity index (χ0) is 62.8. The molecule has 0 fully saturated rings. The molecule has 0 radical (unpaired) electrons. The van der Waals surface area contributed by atoms with E-state index >= 15 is 0 Å². The van der Waals surface area contributed by atoms with Crippen LogP contribution in [0.1, 0.15) is 470 Å². The Morgan fingerprint density at radius 2 is 0.540 bits per heavy atom. The van der Waals surface area contributed by atoms with Gasteiger partial charge in [0, 0.05) is 12.8 Å². The van der Waals surface area contributed by atoms with E-state index in [0.717, 1.165) is 44.9 Å². The summed E-state index contributed by atoms with van der Waals surface area (Å²) in [7, 11) is 0. The normalized spacial score (nSPS) is 12.5. The Labute approximate surface area is 546 Å². The van der Waals surface area contributed by atoms with Gasteiger partial charge in [-0.1, -0.05) is 418 Å². The number of carbonyl (C=O) groups is 2. The topological polar surface area (TPSA) is 95.9 Å². The van der Waals surface area contributed by atoms with E-state index in [-0.39, 0.29) is 18.5 Å². The van der Waals surface area contributed by atoms with E-state index in [2.05, 4.69) is 31.3 Å². The van der Waals surface area contributed by atoms with Crippen molar-refractivity contribution < 1.29 is 24.5 Å². The molecule has 0 aliphatic rings. The van der Waals surface area contributed by atoms with Crippen LogP contribution in [-0.2, 0) is 14.3 Å². The van der Waals surface area contributed by atoms with E-state index in [1.165, 1.54) is 392 Å². The molecule has 0 aliphatic heterocycles. The van der Waals surface area contributed by atoms with E-state index in [1.54, 1.807) is 0 Å². The Morgan fingerprint density at radius 1 is 0.310 bits per heavy atom. The molecule has 0 saturated carbocycles. The molecule has 0 aromatic carbocycles. The molecule has 0 rings (SSSR count). The summed E-state index contributed by atoms with van der Waals surface area (Å²) in [5.41, 5.74) is 0. The van der Waals surface area contributed by atoms with E-state index in [4.69, 9.17) is 4.74 Å². The van der Waals surface area contributed by atoms with Gasteiger partial charge in [-0.3, -0.25) is 9.59 Å². The zero-order valence-corrected chi connectivity index (χ0v) is 59.5. The lowest BCUT2D eigenvalue weighted by molar-refractivity contribution is -0.143. The molecule has 0 saturated heterocycles. The molecule has 0 bridgehead atoms. The van der Waals surface area contributed by atoms with Crippen LogP contribution in [0.3, 0.4) is 0 Å². The average molecular weight is 1230 g/mol. The number of hydrogen-bond acceptors (Lipinski definition) is 5. The largest absolute Gasteiger partial charge is 0.466 e. The van der Waals surface area contributed by atoms with Crippen molar-refractivity contribution >= 4 is 11.9 Å². The van der Waals surface area contributed by atoms with Crippen molar-refractivity contribution in [1.82, 2.24) is 5.32 Å². The first-order valence-electron chi connectivity index (χ1n) is 40.4. The lowest BCUT2D eigenvalue weighted by atomic mass is 10.0. The van der Waals surface area contributed by atoms with Crippen LogP contribution >= 0.6 is 0 Å². The lowest BCUT2D eigenvalue weighted by Crippen LogP contribution is -2.45. The highest BCUT2D eigenvalue weighted by Gasteiger charge is 2.20. The zero-order valence-electron chi connectivity index (χ0n) is 59.5. The number of allylic oxidation sites excluding steroid dienone is 2. The second kappa shape index (κ2) is 77.1. The second-order valence-corrected chi connectivity index (χ2v) is 28.1. The summed E-state index contributed by atoms with van der Waals surface area (Å²) >= 11 is 0. The molecule has 2 atom stereocenters. The number of esters is 1. The summed E-state index contributed by atoms with van der Waals surface area (Å²) in [6, 6.07) is -0.540. The molecule has 518 valence electrons. The highest BCUT2D eigenvalue weighted by atomic mass is 16.5. The Balaban J connectivity index is 3.33. The van der Waals surface area contributed by atoms with Crippen LogP contribution in [0.15, 0.2) is 12.2 Å². The molecular formula is C81H159NO5. The molecule has 3 N–H and O–H groups in total. The Bertz CT molecular complexity index is 1320. The first-order chi connectivity index (χ1) is 43.0. The van der Waals surface area contributed by atoms with Crippen LogP contribution < -0.4 is 5.32 Å². The molecule has 0 heterocycles. The van der Waals surface area contributed by atoms with E-state index < -0.39 is 12.1 Å². The number of rotatable bonds is 77. The van der Waals surface area contributed by atoms with Gasteiger partial charge in [0.05, 0.1) is 25.4 Å². The van der Waals surface area contributed by atoms with Crippen molar-refractivity contribution in [1.29, 1.82) is 0 Å². The van der Waals surface area contributed by atoms with Crippen molar-refractivity contribution in [2.45, 2.75) is 482 Å².